The van der Waals surface area contributed by atoms with E-state index >= 15 is 0 Å². The highest BCUT2D eigenvalue weighted by molar-refractivity contribution is 5.94. The lowest BCUT2D eigenvalue weighted by Crippen LogP contribution is -2.58. The molecule has 0 saturated carbocycles. The Morgan fingerprint density at radius 3 is 2.77 bits per heavy atom. The predicted octanol–water partition coefficient (Wildman–Crippen LogP) is 0.215. The topological polar surface area (TPSA) is 71.7 Å². The lowest BCUT2D eigenvalue weighted by molar-refractivity contribution is -0.119. The molecule has 1 amide bonds. The fourth-order valence-corrected chi connectivity index (χ4v) is 3.27. The number of hydrazine groups is 1. The van der Waals surface area contributed by atoms with Gasteiger partial charge in [0.15, 0.2) is 0 Å². The number of carbonyl (C=O) groups is 1. The van der Waals surface area contributed by atoms with Crippen molar-refractivity contribution in [1.29, 1.82) is 0 Å². The summed E-state index contributed by atoms with van der Waals surface area (Å²) in [6.45, 7) is -0.0240. The Morgan fingerprint density at radius 2 is 2.08 bits per heavy atom. The summed E-state index contributed by atoms with van der Waals surface area (Å²) in [6.07, 6.45) is 7.04. The van der Waals surface area contributed by atoms with Gasteiger partial charge in [-0.05, 0) is 18.2 Å². The molecule has 2 atom stereocenters. The van der Waals surface area contributed by atoms with Gasteiger partial charge in [0, 0.05) is 19.2 Å². The molecule has 4 N–H and O–H groups in total. The summed E-state index contributed by atoms with van der Waals surface area (Å²) in [4.78, 5) is 14.2. The number of nitrogens with one attached hydrogen (secondary N) is 4. The molecule has 4 heterocycles. The second kappa shape index (κ2) is 6.36. The van der Waals surface area contributed by atoms with Gasteiger partial charge >= 0.3 is 0 Å². The van der Waals surface area contributed by atoms with Crippen molar-refractivity contribution >= 4 is 5.91 Å². The minimum atomic E-state index is -2.69. The maximum Gasteiger partial charge on any atom is 0.276 e. The zero-order valence-electron chi connectivity index (χ0n) is 13.8. The van der Waals surface area contributed by atoms with E-state index in [2.05, 4.69) is 21.4 Å². The quantitative estimate of drug-likeness (QED) is 0.534. The van der Waals surface area contributed by atoms with E-state index < -0.39 is 18.0 Å². The van der Waals surface area contributed by atoms with Crippen molar-refractivity contribution in [3.8, 4) is 0 Å². The molecular formula is C16H19F3N6O. The fourth-order valence-electron chi connectivity index (χ4n) is 3.27. The molecule has 10 heteroatoms. The Morgan fingerprint density at radius 1 is 1.27 bits per heavy atom. The van der Waals surface area contributed by atoms with Gasteiger partial charge in [-0.1, -0.05) is 6.08 Å². The van der Waals surface area contributed by atoms with Crippen molar-refractivity contribution in [3.63, 3.8) is 0 Å². The highest BCUT2D eigenvalue weighted by Crippen LogP contribution is 2.29. The Bertz CT molecular complexity index is 731. The maximum absolute atomic E-state index is 13.5. The van der Waals surface area contributed by atoms with Crippen molar-refractivity contribution in [1.82, 2.24) is 31.3 Å². The highest BCUT2D eigenvalue weighted by Gasteiger charge is 2.42. The van der Waals surface area contributed by atoms with Crippen LogP contribution in [0.3, 0.4) is 0 Å². The van der Waals surface area contributed by atoms with E-state index in [4.69, 9.17) is 0 Å². The molecule has 0 aromatic carbocycles. The summed E-state index contributed by atoms with van der Waals surface area (Å²) < 4.78 is 39.9. The van der Waals surface area contributed by atoms with E-state index in [0.29, 0.717) is 11.5 Å². The summed E-state index contributed by atoms with van der Waals surface area (Å²) in [6, 6.07) is 0. The number of nitrogens with zero attached hydrogens (tertiary/aromatic N) is 2. The first-order chi connectivity index (χ1) is 12.4. The van der Waals surface area contributed by atoms with Crippen LogP contribution in [0.4, 0.5) is 13.2 Å². The molecule has 4 aliphatic rings. The highest BCUT2D eigenvalue weighted by atomic mass is 19.3. The molecule has 2 unspecified atom stereocenters. The van der Waals surface area contributed by atoms with Crippen molar-refractivity contribution < 1.29 is 18.0 Å². The average Bonchev–Trinajstić information content (AvgIpc) is 3.19. The summed E-state index contributed by atoms with van der Waals surface area (Å²) in [5.41, 5.74) is 3.42. The molecule has 26 heavy (non-hydrogen) atoms. The lowest BCUT2D eigenvalue weighted by Gasteiger charge is -2.38. The summed E-state index contributed by atoms with van der Waals surface area (Å²) >= 11 is 0. The first kappa shape index (κ1) is 17.0. The Kier molecular flexibility index (Phi) is 4.16. The van der Waals surface area contributed by atoms with E-state index in [1.165, 1.54) is 12.2 Å². The van der Waals surface area contributed by atoms with Crippen LogP contribution in [0.5, 0.6) is 0 Å². The first-order valence-corrected chi connectivity index (χ1v) is 8.35. The number of likely N-dealkylation sites (tertiary alicyclic amines) is 1. The average molecular weight is 368 g/mol. The van der Waals surface area contributed by atoms with Crippen LogP contribution in [0.15, 0.2) is 47.8 Å². The van der Waals surface area contributed by atoms with E-state index in [-0.39, 0.29) is 38.0 Å². The zero-order chi connectivity index (χ0) is 18.3. The number of halogens is 3. The van der Waals surface area contributed by atoms with Gasteiger partial charge in [0.05, 0.1) is 19.3 Å². The molecule has 0 radical (unpaired) electrons. The fraction of sp³-hybridized carbons (Fsp3) is 0.438. The smallest absolute Gasteiger partial charge is 0.276 e. The van der Waals surface area contributed by atoms with E-state index in [0.717, 1.165) is 0 Å². The van der Waals surface area contributed by atoms with Crippen LogP contribution in [-0.4, -0.2) is 53.7 Å². The van der Waals surface area contributed by atoms with Gasteiger partial charge in [-0.15, -0.1) is 0 Å². The van der Waals surface area contributed by atoms with Crippen molar-refractivity contribution in [2.24, 2.45) is 0 Å². The third kappa shape index (κ3) is 3.29. The van der Waals surface area contributed by atoms with E-state index in [1.807, 2.05) is 12.2 Å². The van der Waals surface area contributed by atoms with Gasteiger partial charge in [-0.2, -0.15) is 0 Å². The molecule has 0 aromatic rings. The van der Waals surface area contributed by atoms with Gasteiger partial charge < -0.3 is 16.0 Å². The number of rotatable bonds is 3. The van der Waals surface area contributed by atoms with Crippen LogP contribution in [0.1, 0.15) is 6.42 Å². The molecule has 0 bridgehead atoms. The molecule has 4 aliphatic heterocycles. The molecule has 140 valence electrons. The molecule has 0 spiro atoms. The number of hydrogen-bond acceptors (Lipinski definition) is 6. The second-order valence-corrected chi connectivity index (χ2v) is 6.55. The SMILES string of the molecule is O=C(NC1=CC=C(F)CN1)C1=CNC2C=CC(N3CCC(F)(F)C3)NN12. The van der Waals surface area contributed by atoms with Crippen LogP contribution in [-0.2, 0) is 4.79 Å². The normalized spacial score (nSPS) is 30.0. The minimum Gasteiger partial charge on any atom is -0.365 e. The third-order valence-corrected chi connectivity index (χ3v) is 4.63. The van der Waals surface area contributed by atoms with Crippen molar-refractivity contribution in [2.75, 3.05) is 19.6 Å². The molecule has 0 aliphatic carbocycles. The number of fused-ring (bicyclic) bond motifs is 1. The minimum absolute atomic E-state index is 0.0159. The van der Waals surface area contributed by atoms with Gasteiger partial charge in [0.2, 0.25) is 0 Å². The number of amides is 1. The monoisotopic (exact) mass is 368 g/mol. The summed E-state index contributed by atoms with van der Waals surface area (Å²) in [5, 5.41) is 10.1. The van der Waals surface area contributed by atoms with Crippen LogP contribution >= 0.6 is 0 Å². The molecular weight excluding hydrogens is 349 g/mol. The number of dihydropyridines is 1. The second-order valence-electron chi connectivity index (χ2n) is 6.55. The van der Waals surface area contributed by atoms with Crippen LogP contribution in [0, 0.1) is 0 Å². The maximum atomic E-state index is 13.5. The number of carbonyl (C=O) groups excluding carboxylic acids is 1. The van der Waals surface area contributed by atoms with E-state index in [9.17, 15) is 18.0 Å². The van der Waals surface area contributed by atoms with Gasteiger partial charge in [-0.25, -0.2) is 18.6 Å². The zero-order valence-corrected chi connectivity index (χ0v) is 13.8. The largest absolute Gasteiger partial charge is 0.365 e. The van der Waals surface area contributed by atoms with Gasteiger partial charge in [0.25, 0.3) is 11.8 Å². The van der Waals surface area contributed by atoms with E-state index in [1.54, 1.807) is 16.1 Å². The predicted molar refractivity (Wildman–Crippen MR) is 87.5 cm³/mol. The van der Waals surface area contributed by atoms with Gasteiger partial charge in [-0.3, -0.25) is 14.7 Å². The number of hydrogen-bond donors (Lipinski definition) is 4. The Labute approximate surface area is 148 Å². The molecule has 1 fully saturated rings. The molecule has 0 aromatic heterocycles. The molecule has 4 rings (SSSR count). The van der Waals surface area contributed by atoms with Crippen LogP contribution in [0.25, 0.3) is 0 Å². The first-order valence-electron chi connectivity index (χ1n) is 8.35. The Balaban J connectivity index is 1.42. The standard InChI is InChI=1S/C16H19F3N6O/c17-10-1-2-12(20-7-10)22-15(26)11-8-21-13-3-4-14(23-25(11)13)24-6-5-16(18,19)9-24/h1-4,8,13-14,20-21,23H,5-7,9H2,(H,22,26). The van der Waals surface area contributed by atoms with Gasteiger partial charge in [0.1, 0.15) is 23.5 Å². The van der Waals surface area contributed by atoms with Crippen LogP contribution in [0.2, 0.25) is 0 Å². The summed E-state index contributed by atoms with van der Waals surface area (Å²) in [7, 11) is 0. The number of allylic oxidation sites excluding steroid dienone is 2. The number of alkyl halides is 2. The lowest BCUT2D eigenvalue weighted by atomic mass is 10.2. The van der Waals surface area contributed by atoms with Crippen molar-refractivity contribution in [3.05, 3.63) is 47.8 Å². The Hall–Kier alpha value is -2.46. The van der Waals surface area contributed by atoms with Crippen LogP contribution < -0.4 is 21.4 Å². The molecule has 7 nitrogen and oxygen atoms in total. The van der Waals surface area contributed by atoms with Crippen molar-refractivity contribution in [2.45, 2.75) is 24.7 Å². The molecule has 1 saturated heterocycles. The third-order valence-electron chi connectivity index (χ3n) is 4.63. The summed E-state index contributed by atoms with van der Waals surface area (Å²) in [5.74, 6) is -3.02.